The highest BCUT2D eigenvalue weighted by Crippen LogP contribution is 2.18. The number of hydrogen-bond acceptors (Lipinski definition) is 4. The third-order valence-electron chi connectivity index (χ3n) is 2.59. The Morgan fingerprint density at radius 1 is 1.61 bits per heavy atom. The standard InChI is InChI=1S/C13H17N3O2/c1-8(2)6-11(13(17)18)16-12-10(7-14)9(3)4-5-15-12/h4-5,8,11H,6H2,1-3H3,(H,15,16)(H,17,18). The molecule has 1 rings (SSSR count). The van der Waals surface area contributed by atoms with E-state index in [2.05, 4.69) is 10.3 Å². The highest BCUT2D eigenvalue weighted by molar-refractivity contribution is 5.77. The van der Waals surface area contributed by atoms with Gasteiger partial charge in [-0.05, 0) is 30.9 Å². The highest BCUT2D eigenvalue weighted by Gasteiger charge is 2.20. The van der Waals surface area contributed by atoms with Gasteiger partial charge in [-0.25, -0.2) is 9.78 Å². The summed E-state index contributed by atoms with van der Waals surface area (Å²) in [6.45, 7) is 5.70. The summed E-state index contributed by atoms with van der Waals surface area (Å²) in [4.78, 5) is 15.2. The van der Waals surface area contributed by atoms with Crippen LogP contribution in [0.2, 0.25) is 0 Å². The lowest BCUT2D eigenvalue weighted by molar-refractivity contribution is -0.138. The summed E-state index contributed by atoms with van der Waals surface area (Å²) in [7, 11) is 0. The third kappa shape index (κ3) is 3.45. The maximum atomic E-state index is 11.2. The molecule has 0 aliphatic carbocycles. The van der Waals surface area contributed by atoms with Crippen molar-refractivity contribution in [1.29, 1.82) is 5.26 Å². The monoisotopic (exact) mass is 247 g/mol. The Morgan fingerprint density at radius 2 is 2.28 bits per heavy atom. The molecule has 1 atom stereocenters. The van der Waals surface area contributed by atoms with Gasteiger partial charge in [0.2, 0.25) is 0 Å². The maximum absolute atomic E-state index is 11.2. The Bertz CT molecular complexity index is 478. The van der Waals surface area contributed by atoms with E-state index in [4.69, 9.17) is 10.4 Å². The number of rotatable bonds is 5. The lowest BCUT2D eigenvalue weighted by Crippen LogP contribution is -2.31. The SMILES string of the molecule is Cc1ccnc(NC(CC(C)C)C(=O)O)c1C#N. The van der Waals surface area contributed by atoms with Gasteiger partial charge in [0.25, 0.3) is 0 Å². The molecule has 2 N–H and O–H groups in total. The minimum atomic E-state index is -0.934. The quantitative estimate of drug-likeness (QED) is 0.832. The molecular formula is C13H17N3O2. The summed E-state index contributed by atoms with van der Waals surface area (Å²) in [5.41, 5.74) is 1.18. The van der Waals surface area contributed by atoms with Crippen LogP contribution in [0.25, 0.3) is 0 Å². The number of aryl methyl sites for hydroxylation is 1. The van der Waals surface area contributed by atoms with Crippen LogP contribution < -0.4 is 5.32 Å². The van der Waals surface area contributed by atoms with E-state index < -0.39 is 12.0 Å². The molecule has 0 aliphatic rings. The summed E-state index contributed by atoms with van der Waals surface area (Å²) in [6, 6.07) is 3.04. The van der Waals surface area contributed by atoms with Gasteiger partial charge in [-0.1, -0.05) is 13.8 Å². The molecule has 5 heteroatoms. The molecular weight excluding hydrogens is 230 g/mol. The summed E-state index contributed by atoms with van der Waals surface area (Å²) < 4.78 is 0. The molecule has 5 nitrogen and oxygen atoms in total. The van der Waals surface area contributed by atoms with Gasteiger partial charge in [0.05, 0.1) is 5.56 Å². The van der Waals surface area contributed by atoms with Crippen molar-refractivity contribution < 1.29 is 9.90 Å². The van der Waals surface area contributed by atoms with Crippen molar-refractivity contribution in [3.63, 3.8) is 0 Å². The van der Waals surface area contributed by atoms with Crippen molar-refractivity contribution in [1.82, 2.24) is 4.98 Å². The molecule has 1 aromatic heterocycles. The first-order chi connectivity index (χ1) is 8.45. The van der Waals surface area contributed by atoms with E-state index in [1.165, 1.54) is 0 Å². The predicted molar refractivity (Wildman–Crippen MR) is 68.2 cm³/mol. The van der Waals surface area contributed by atoms with Crippen molar-refractivity contribution in [2.75, 3.05) is 5.32 Å². The Morgan fingerprint density at radius 3 is 2.78 bits per heavy atom. The fraction of sp³-hybridized carbons (Fsp3) is 0.462. The minimum Gasteiger partial charge on any atom is -0.480 e. The molecule has 0 aliphatic heterocycles. The highest BCUT2D eigenvalue weighted by atomic mass is 16.4. The number of nitrogens with one attached hydrogen (secondary N) is 1. The Kier molecular flexibility index (Phi) is 4.67. The molecule has 0 amide bonds. The second-order valence-corrected chi connectivity index (χ2v) is 4.63. The molecule has 0 radical (unpaired) electrons. The van der Waals surface area contributed by atoms with Crippen LogP contribution in [0.1, 0.15) is 31.4 Å². The molecule has 0 saturated heterocycles. The van der Waals surface area contributed by atoms with Gasteiger partial charge in [0, 0.05) is 6.20 Å². The fourth-order valence-electron chi connectivity index (χ4n) is 1.67. The number of carboxylic acids is 1. The van der Waals surface area contributed by atoms with Crippen molar-refractivity contribution in [2.24, 2.45) is 5.92 Å². The minimum absolute atomic E-state index is 0.244. The number of nitrogens with zero attached hydrogens (tertiary/aromatic N) is 2. The number of aliphatic carboxylic acids is 1. The zero-order chi connectivity index (χ0) is 13.7. The Hall–Kier alpha value is -2.09. The van der Waals surface area contributed by atoms with E-state index in [9.17, 15) is 4.79 Å². The van der Waals surface area contributed by atoms with Crippen molar-refractivity contribution >= 4 is 11.8 Å². The van der Waals surface area contributed by atoms with Crippen LogP contribution in [0.3, 0.4) is 0 Å². The lowest BCUT2D eigenvalue weighted by Gasteiger charge is -2.18. The third-order valence-corrected chi connectivity index (χ3v) is 2.59. The van der Waals surface area contributed by atoms with Gasteiger partial charge in [0.1, 0.15) is 17.9 Å². The largest absolute Gasteiger partial charge is 0.480 e. The topological polar surface area (TPSA) is 86.0 Å². The number of hydrogen-bond donors (Lipinski definition) is 2. The summed E-state index contributed by atoms with van der Waals surface area (Å²) in [6.07, 6.45) is 2.04. The van der Waals surface area contributed by atoms with Crippen LogP contribution >= 0.6 is 0 Å². The first kappa shape index (κ1) is 14.0. The maximum Gasteiger partial charge on any atom is 0.326 e. The molecule has 96 valence electrons. The number of pyridine rings is 1. The molecule has 18 heavy (non-hydrogen) atoms. The summed E-state index contributed by atoms with van der Waals surface area (Å²) >= 11 is 0. The molecule has 1 unspecified atom stereocenters. The van der Waals surface area contributed by atoms with E-state index in [0.717, 1.165) is 5.56 Å². The number of carbonyl (C=O) groups is 1. The van der Waals surface area contributed by atoms with Gasteiger partial charge in [0.15, 0.2) is 0 Å². The van der Waals surface area contributed by atoms with Gasteiger partial charge >= 0.3 is 5.97 Å². The Balaban J connectivity index is 2.98. The van der Waals surface area contributed by atoms with Crippen LogP contribution in [0.5, 0.6) is 0 Å². The van der Waals surface area contributed by atoms with Crippen LogP contribution in [0.4, 0.5) is 5.82 Å². The number of anilines is 1. The van der Waals surface area contributed by atoms with Crippen molar-refractivity contribution in [2.45, 2.75) is 33.2 Å². The van der Waals surface area contributed by atoms with Crippen LogP contribution in [0, 0.1) is 24.2 Å². The van der Waals surface area contributed by atoms with E-state index in [1.54, 1.807) is 19.2 Å². The van der Waals surface area contributed by atoms with Crippen LogP contribution in [0.15, 0.2) is 12.3 Å². The molecule has 0 aromatic carbocycles. The zero-order valence-electron chi connectivity index (χ0n) is 10.8. The number of nitriles is 1. The summed E-state index contributed by atoms with van der Waals surface area (Å²) in [5, 5.41) is 21.0. The summed E-state index contributed by atoms with van der Waals surface area (Å²) in [5.74, 6) is -0.351. The second-order valence-electron chi connectivity index (χ2n) is 4.63. The van der Waals surface area contributed by atoms with Crippen LogP contribution in [-0.2, 0) is 4.79 Å². The molecule has 0 saturated carbocycles. The molecule has 0 fully saturated rings. The van der Waals surface area contributed by atoms with Gasteiger partial charge < -0.3 is 10.4 Å². The first-order valence-corrected chi connectivity index (χ1v) is 5.80. The van der Waals surface area contributed by atoms with Crippen molar-refractivity contribution in [3.8, 4) is 6.07 Å². The lowest BCUT2D eigenvalue weighted by atomic mass is 10.0. The van der Waals surface area contributed by atoms with Crippen molar-refractivity contribution in [3.05, 3.63) is 23.4 Å². The van der Waals surface area contributed by atoms with E-state index in [0.29, 0.717) is 17.8 Å². The normalized spacial score (nSPS) is 11.9. The molecule has 0 spiro atoms. The molecule has 1 heterocycles. The number of carboxylic acid groups (broad SMARTS) is 1. The fourth-order valence-corrected chi connectivity index (χ4v) is 1.67. The van der Waals surface area contributed by atoms with E-state index in [-0.39, 0.29) is 5.92 Å². The van der Waals surface area contributed by atoms with E-state index >= 15 is 0 Å². The van der Waals surface area contributed by atoms with Gasteiger partial charge in [-0.15, -0.1) is 0 Å². The average molecular weight is 247 g/mol. The second kappa shape index (κ2) is 6.01. The zero-order valence-corrected chi connectivity index (χ0v) is 10.8. The van der Waals surface area contributed by atoms with Crippen LogP contribution in [-0.4, -0.2) is 22.1 Å². The number of aromatic nitrogens is 1. The Labute approximate surface area is 106 Å². The smallest absolute Gasteiger partial charge is 0.326 e. The van der Waals surface area contributed by atoms with Gasteiger partial charge in [-0.2, -0.15) is 5.26 Å². The molecule has 1 aromatic rings. The predicted octanol–water partition coefficient (Wildman–Crippen LogP) is 2.17. The van der Waals surface area contributed by atoms with E-state index in [1.807, 2.05) is 19.9 Å². The molecule has 0 bridgehead atoms. The van der Waals surface area contributed by atoms with Gasteiger partial charge in [-0.3, -0.25) is 0 Å². The average Bonchev–Trinajstić information content (AvgIpc) is 2.27. The first-order valence-electron chi connectivity index (χ1n) is 5.80.